The second-order valence-corrected chi connectivity index (χ2v) is 3.58. The Balaban J connectivity index is 2.62. The number of benzene rings is 1. The van der Waals surface area contributed by atoms with Crippen molar-refractivity contribution in [2.45, 2.75) is 26.8 Å². The Kier molecular flexibility index (Phi) is 4.31. The van der Waals surface area contributed by atoms with Gasteiger partial charge in [-0.2, -0.15) is 0 Å². The maximum absolute atomic E-state index is 11.7. The molecule has 3 nitrogen and oxygen atoms in total. The summed E-state index contributed by atoms with van der Waals surface area (Å²) in [7, 11) is 0. The molecule has 1 unspecified atom stereocenters. The number of hydrogen-bond donors (Lipinski definition) is 2. The Labute approximate surface area is 90.9 Å². The Bertz CT molecular complexity index is 336. The van der Waals surface area contributed by atoms with Crippen molar-refractivity contribution in [2.24, 2.45) is 0 Å². The number of hydrogen-bond acceptors (Lipinski definition) is 2. The normalized spacial score (nSPS) is 12.2. The van der Waals surface area contributed by atoms with Gasteiger partial charge in [-0.05, 0) is 32.0 Å². The van der Waals surface area contributed by atoms with Crippen molar-refractivity contribution in [3.05, 3.63) is 29.8 Å². The van der Waals surface area contributed by atoms with Crippen LogP contribution in [0.1, 0.15) is 19.4 Å². The van der Waals surface area contributed by atoms with E-state index >= 15 is 0 Å². The Morgan fingerprint density at radius 3 is 2.67 bits per heavy atom. The fourth-order valence-corrected chi connectivity index (χ4v) is 1.35. The zero-order chi connectivity index (χ0) is 11.3. The third kappa shape index (κ3) is 3.36. The fourth-order valence-electron chi connectivity index (χ4n) is 1.35. The lowest BCUT2D eigenvalue weighted by molar-refractivity contribution is -0.117. The highest BCUT2D eigenvalue weighted by molar-refractivity contribution is 5.95. The molecule has 0 saturated heterocycles. The molecule has 0 fully saturated rings. The lowest BCUT2D eigenvalue weighted by atomic mass is 10.2. The van der Waals surface area contributed by atoms with Crippen molar-refractivity contribution in [3.8, 4) is 0 Å². The maximum Gasteiger partial charge on any atom is 0.241 e. The number of para-hydroxylation sites is 1. The monoisotopic (exact) mass is 206 g/mol. The largest absolute Gasteiger partial charge is 0.324 e. The van der Waals surface area contributed by atoms with Crippen molar-refractivity contribution in [3.63, 3.8) is 0 Å². The van der Waals surface area contributed by atoms with Crippen molar-refractivity contribution >= 4 is 11.6 Å². The smallest absolute Gasteiger partial charge is 0.241 e. The minimum Gasteiger partial charge on any atom is -0.324 e. The van der Waals surface area contributed by atoms with Crippen molar-refractivity contribution < 1.29 is 4.79 Å². The maximum atomic E-state index is 11.7. The van der Waals surface area contributed by atoms with Gasteiger partial charge in [-0.15, -0.1) is 0 Å². The molecule has 0 spiro atoms. The van der Waals surface area contributed by atoms with E-state index < -0.39 is 0 Å². The molecule has 15 heavy (non-hydrogen) atoms. The highest BCUT2D eigenvalue weighted by atomic mass is 16.2. The second-order valence-electron chi connectivity index (χ2n) is 3.58. The standard InChI is InChI=1S/C12H18N2O/c1-4-13-10(3)12(15)14-11-8-6-5-7-9(11)2/h5-8,10,13H,4H2,1-3H3,(H,14,15). The summed E-state index contributed by atoms with van der Waals surface area (Å²) in [5.41, 5.74) is 1.96. The van der Waals surface area contributed by atoms with Crippen LogP contribution in [0, 0.1) is 6.92 Å². The van der Waals surface area contributed by atoms with Gasteiger partial charge in [-0.1, -0.05) is 25.1 Å². The highest BCUT2D eigenvalue weighted by Gasteiger charge is 2.11. The van der Waals surface area contributed by atoms with Crippen LogP contribution in [0.5, 0.6) is 0 Å². The van der Waals surface area contributed by atoms with Gasteiger partial charge in [0.1, 0.15) is 0 Å². The molecule has 0 radical (unpaired) electrons. The predicted molar refractivity (Wildman–Crippen MR) is 62.9 cm³/mol. The van der Waals surface area contributed by atoms with E-state index in [4.69, 9.17) is 0 Å². The number of anilines is 1. The summed E-state index contributed by atoms with van der Waals surface area (Å²) in [4.78, 5) is 11.7. The minimum absolute atomic E-state index is 0.00569. The number of rotatable bonds is 4. The molecule has 0 aliphatic rings. The first-order valence-corrected chi connectivity index (χ1v) is 5.25. The van der Waals surface area contributed by atoms with Crippen molar-refractivity contribution in [2.75, 3.05) is 11.9 Å². The number of nitrogens with one attached hydrogen (secondary N) is 2. The summed E-state index contributed by atoms with van der Waals surface area (Å²) in [6.45, 7) is 6.62. The average molecular weight is 206 g/mol. The molecular formula is C12H18N2O. The molecule has 0 saturated carbocycles. The topological polar surface area (TPSA) is 41.1 Å². The van der Waals surface area contributed by atoms with Crippen molar-refractivity contribution in [1.29, 1.82) is 0 Å². The molecular weight excluding hydrogens is 188 g/mol. The third-order valence-electron chi connectivity index (χ3n) is 2.31. The number of likely N-dealkylation sites (N-methyl/N-ethyl adjacent to an activating group) is 1. The van der Waals surface area contributed by atoms with Crippen LogP contribution in [0.3, 0.4) is 0 Å². The molecule has 0 aromatic heterocycles. The molecule has 0 aliphatic heterocycles. The Morgan fingerprint density at radius 2 is 2.07 bits per heavy atom. The van der Waals surface area contributed by atoms with E-state index in [9.17, 15) is 4.79 Å². The van der Waals surface area contributed by atoms with Gasteiger partial charge in [-0.25, -0.2) is 0 Å². The molecule has 1 rings (SSSR count). The van der Waals surface area contributed by atoms with E-state index in [0.29, 0.717) is 0 Å². The van der Waals surface area contributed by atoms with Crippen LogP contribution in [0.4, 0.5) is 5.69 Å². The summed E-state index contributed by atoms with van der Waals surface area (Å²) in [5, 5.41) is 5.97. The molecule has 1 atom stereocenters. The lowest BCUT2D eigenvalue weighted by Gasteiger charge is -2.13. The van der Waals surface area contributed by atoms with Gasteiger partial charge >= 0.3 is 0 Å². The molecule has 1 aromatic rings. The van der Waals surface area contributed by atoms with E-state index in [2.05, 4.69) is 10.6 Å². The first-order valence-electron chi connectivity index (χ1n) is 5.25. The molecule has 0 aliphatic carbocycles. The lowest BCUT2D eigenvalue weighted by Crippen LogP contribution is -2.37. The SMILES string of the molecule is CCNC(C)C(=O)Nc1ccccc1C. The molecule has 0 bridgehead atoms. The minimum atomic E-state index is -0.158. The second kappa shape index (κ2) is 5.51. The molecule has 2 N–H and O–H groups in total. The van der Waals surface area contributed by atoms with E-state index in [-0.39, 0.29) is 11.9 Å². The summed E-state index contributed by atoms with van der Waals surface area (Å²) in [6.07, 6.45) is 0. The molecule has 3 heteroatoms. The van der Waals surface area contributed by atoms with Crippen LogP contribution in [0.2, 0.25) is 0 Å². The van der Waals surface area contributed by atoms with E-state index in [1.165, 1.54) is 0 Å². The first kappa shape index (κ1) is 11.7. The van der Waals surface area contributed by atoms with Crippen LogP contribution in [0.15, 0.2) is 24.3 Å². The summed E-state index contributed by atoms with van der Waals surface area (Å²) in [6, 6.07) is 7.60. The number of amides is 1. The van der Waals surface area contributed by atoms with Crippen LogP contribution in [0.25, 0.3) is 0 Å². The quantitative estimate of drug-likeness (QED) is 0.790. The fraction of sp³-hybridized carbons (Fsp3) is 0.417. The highest BCUT2D eigenvalue weighted by Crippen LogP contribution is 2.13. The number of carbonyl (C=O) groups is 1. The van der Waals surface area contributed by atoms with E-state index in [1.807, 2.05) is 45.0 Å². The molecule has 1 aromatic carbocycles. The summed E-state index contributed by atoms with van der Waals surface area (Å²) < 4.78 is 0. The molecule has 0 heterocycles. The Morgan fingerprint density at radius 1 is 1.40 bits per heavy atom. The van der Waals surface area contributed by atoms with E-state index in [1.54, 1.807) is 0 Å². The van der Waals surface area contributed by atoms with Gasteiger partial charge in [-0.3, -0.25) is 4.79 Å². The summed E-state index contributed by atoms with van der Waals surface area (Å²) >= 11 is 0. The van der Waals surface area contributed by atoms with Crippen LogP contribution in [-0.2, 0) is 4.79 Å². The zero-order valence-corrected chi connectivity index (χ0v) is 9.50. The number of aryl methyl sites for hydroxylation is 1. The van der Waals surface area contributed by atoms with Crippen molar-refractivity contribution in [1.82, 2.24) is 5.32 Å². The van der Waals surface area contributed by atoms with Crippen LogP contribution in [-0.4, -0.2) is 18.5 Å². The van der Waals surface area contributed by atoms with Crippen LogP contribution >= 0.6 is 0 Å². The third-order valence-corrected chi connectivity index (χ3v) is 2.31. The van der Waals surface area contributed by atoms with Gasteiger partial charge < -0.3 is 10.6 Å². The van der Waals surface area contributed by atoms with Gasteiger partial charge in [0.25, 0.3) is 0 Å². The van der Waals surface area contributed by atoms with Gasteiger partial charge in [0.2, 0.25) is 5.91 Å². The van der Waals surface area contributed by atoms with E-state index in [0.717, 1.165) is 17.8 Å². The first-order chi connectivity index (χ1) is 7.15. The predicted octanol–water partition coefficient (Wildman–Crippen LogP) is 1.93. The van der Waals surface area contributed by atoms with Gasteiger partial charge in [0, 0.05) is 5.69 Å². The van der Waals surface area contributed by atoms with Gasteiger partial charge in [0.15, 0.2) is 0 Å². The average Bonchev–Trinajstić information content (AvgIpc) is 2.21. The van der Waals surface area contributed by atoms with Crippen LogP contribution < -0.4 is 10.6 Å². The zero-order valence-electron chi connectivity index (χ0n) is 9.50. The summed E-state index contributed by atoms with van der Waals surface area (Å²) in [5.74, 6) is 0.00569. The number of carbonyl (C=O) groups excluding carboxylic acids is 1. The Hall–Kier alpha value is -1.35. The molecule has 1 amide bonds. The molecule has 82 valence electrons. The van der Waals surface area contributed by atoms with Gasteiger partial charge in [0.05, 0.1) is 6.04 Å².